The highest BCUT2D eigenvalue weighted by Crippen LogP contribution is 2.17. The average molecular weight is 600 g/mol. The lowest BCUT2D eigenvalue weighted by atomic mass is 9.97. The van der Waals surface area contributed by atoms with Crippen LogP contribution < -0.4 is 21.3 Å². The number of benzene rings is 1. The number of nitrogens with one attached hydrogen (secondary N) is 4. The van der Waals surface area contributed by atoms with Crippen LogP contribution in [-0.4, -0.2) is 71.7 Å². The zero-order valence-corrected chi connectivity index (χ0v) is 27.4. The Hall–Kier alpha value is -3.43. The highest BCUT2D eigenvalue weighted by Gasteiger charge is 2.38. The Labute approximate surface area is 257 Å². The quantitative estimate of drug-likeness (QED) is 0.346. The Balaban J connectivity index is 2.66. The van der Waals surface area contributed by atoms with Crippen molar-refractivity contribution in [2.45, 2.75) is 111 Å². The van der Waals surface area contributed by atoms with E-state index in [2.05, 4.69) is 21.3 Å². The molecule has 0 saturated carbocycles. The first-order valence-electron chi connectivity index (χ1n) is 15.6. The molecule has 43 heavy (non-hydrogen) atoms. The molecular weight excluding hydrogens is 546 g/mol. The third kappa shape index (κ3) is 11.0. The van der Waals surface area contributed by atoms with Crippen molar-refractivity contribution in [2.24, 2.45) is 23.7 Å². The molecule has 1 aliphatic rings. The summed E-state index contributed by atoms with van der Waals surface area (Å²) >= 11 is 0. The van der Waals surface area contributed by atoms with Crippen molar-refractivity contribution in [3.63, 3.8) is 0 Å². The van der Waals surface area contributed by atoms with Crippen LogP contribution in [0.15, 0.2) is 30.3 Å². The zero-order valence-electron chi connectivity index (χ0n) is 27.4. The van der Waals surface area contributed by atoms with E-state index in [1.54, 1.807) is 7.05 Å². The van der Waals surface area contributed by atoms with Crippen LogP contribution in [0.4, 0.5) is 0 Å². The Morgan fingerprint density at radius 2 is 1.07 bits per heavy atom. The summed E-state index contributed by atoms with van der Waals surface area (Å²) < 4.78 is 0. The lowest BCUT2D eigenvalue weighted by Crippen LogP contribution is -2.59. The Bertz CT molecular complexity index is 1100. The van der Waals surface area contributed by atoms with Gasteiger partial charge in [-0.1, -0.05) is 85.7 Å². The van der Waals surface area contributed by atoms with E-state index in [-0.39, 0.29) is 30.1 Å². The minimum atomic E-state index is -0.980. The van der Waals surface area contributed by atoms with Gasteiger partial charge in [0.25, 0.3) is 0 Å². The van der Waals surface area contributed by atoms with Gasteiger partial charge in [0.15, 0.2) is 0 Å². The van der Waals surface area contributed by atoms with Gasteiger partial charge in [0, 0.05) is 13.5 Å². The second-order valence-electron chi connectivity index (χ2n) is 13.5. The topological polar surface area (TPSA) is 137 Å². The predicted molar refractivity (Wildman–Crippen MR) is 168 cm³/mol. The van der Waals surface area contributed by atoms with E-state index in [0.717, 1.165) is 5.56 Å². The minimum absolute atomic E-state index is 0.0591. The standard InChI is InChI=1S/C33H53N5O5/c1-19(2)15-24-29(39)36-26(18-23-13-11-10-12-14-23)33(43)38(9)27(17-21(5)6)31(41)34-25(16-20(3)4)30(40)37-28(22(7)8)32(42)35-24/h10-14,19-22,24-28H,15-18H2,1-9H3,(H,34,41)(H,35,42)(H,36,39)(H,37,40)/t24-,25-,26-,27-,28-/m1/s1. The Morgan fingerprint density at radius 3 is 1.56 bits per heavy atom. The number of hydrogen-bond acceptors (Lipinski definition) is 5. The predicted octanol–water partition coefficient (Wildman–Crippen LogP) is 2.80. The molecule has 10 nitrogen and oxygen atoms in total. The van der Waals surface area contributed by atoms with Crippen LogP contribution in [0, 0.1) is 23.7 Å². The number of amides is 5. The minimum Gasteiger partial charge on any atom is -0.343 e. The van der Waals surface area contributed by atoms with Crippen LogP contribution in [0.5, 0.6) is 0 Å². The molecule has 0 aliphatic carbocycles. The highest BCUT2D eigenvalue weighted by atomic mass is 16.2. The fourth-order valence-electron chi connectivity index (χ4n) is 5.33. The molecule has 240 valence electrons. The van der Waals surface area contributed by atoms with E-state index in [1.165, 1.54) is 4.90 Å². The van der Waals surface area contributed by atoms with Crippen LogP contribution in [0.2, 0.25) is 0 Å². The third-order valence-electron chi connectivity index (χ3n) is 7.64. The average Bonchev–Trinajstić information content (AvgIpc) is 2.91. The van der Waals surface area contributed by atoms with Gasteiger partial charge < -0.3 is 26.2 Å². The monoisotopic (exact) mass is 599 g/mol. The molecule has 1 aromatic carbocycles. The van der Waals surface area contributed by atoms with Crippen molar-refractivity contribution in [2.75, 3.05) is 7.05 Å². The molecule has 0 spiro atoms. The molecular formula is C33H53N5O5. The summed E-state index contributed by atoms with van der Waals surface area (Å²) in [5.41, 5.74) is 0.841. The summed E-state index contributed by atoms with van der Waals surface area (Å²) in [6.07, 6.45) is 1.26. The number of carbonyl (C=O) groups excluding carboxylic acids is 5. The van der Waals surface area contributed by atoms with Gasteiger partial charge in [-0.25, -0.2) is 0 Å². The van der Waals surface area contributed by atoms with Crippen molar-refractivity contribution in [1.82, 2.24) is 26.2 Å². The summed E-state index contributed by atoms with van der Waals surface area (Å²) in [6.45, 7) is 15.3. The number of carbonyl (C=O) groups is 5. The first-order valence-corrected chi connectivity index (χ1v) is 15.6. The lowest BCUT2D eigenvalue weighted by Gasteiger charge is -2.33. The molecule has 2 rings (SSSR count). The number of rotatable bonds is 9. The van der Waals surface area contributed by atoms with Crippen molar-refractivity contribution >= 4 is 29.5 Å². The fraction of sp³-hybridized carbons (Fsp3) is 0.667. The molecule has 5 amide bonds. The molecule has 1 aliphatic heterocycles. The summed E-state index contributed by atoms with van der Waals surface area (Å²) in [5.74, 6) is -2.43. The maximum Gasteiger partial charge on any atom is 0.245 e. The number of nitrogens with zero attached hydrogens (tertiary/aromatic N) is 1. The number of likely N-dealkylation sites (N-methyl/N-ethyl adjacent to an activating group) is 1. The molecule has 5 atom stereocenters. The highest BCUT2D eigenvalue weighted by molar-refractivity contribution is 5.98. The van der Waals surface area contributed by atoms with E-state index in [0.29, 0.717) is 19.3 Å². The van der Waals surface area contributed by atoms with Gasteiger partial charge in [-0.2, -0.15) is 0 Å². The van der Waals surface area contributed by atoms with E-state index in [1.807, 2.05) is 85.7 Å². The van der Waals surface area contributed by atoms with Crippen LogP contribution in [0.1, 0.15) is 80.2 Å². The molecule has 1 fully saturated rings. The number of hydrogen-bond donors (Lipinski definition) is 4. The summed E-state index contributed by atoms with van der Waals surface area (Å²) in [7, 11) is 1.57. The molecule has 10 heteroatoms. The van der Waals surface area contributed by atoms with Gasteiger partial charge in [-0.3, -0.25) is 24.0 Å². The van der Waals surface area contributed by atoms with Crippen LogP contribution >= 0.6 is 0 Å². The van der Waals surface area contributed by atoms with Gasteiger partial charge >= 0.3 is 0 Å². The van der Waals surface area contributed by atoms with E-state index < -0.39 is 59.7 Å². The second kappa shape index (κ2) is 16.4. The normalized spacial score (nSPS) is 24.9. The largest absolute Gasteiger partial charge is 0.343 e. The van der Waals surface area contributed by atoms with E-state index in [4.69, 9.17) is 0 Å². The van der Waals surface area contributed by atoms with Gasteiger partial charge in [-0.15, -0.1) is 0 Å². The molecule has 0 bridgehead atoms. The van der Waals surface area contributed by atoms with Gasteiger partial charge in [-0.05, 0) is 48.5 Å². The van der Waals surface area contributed by atoms with E-state index in [9.17, 15) is 24.0 Å². The second-order valence-corrected chi connectivity index (χ2v) is 13.5. The smallest absolute Gasteiger partial charge is 0.245 e. The SMILES string of the molecule is CC(C)C[C@@H]1C(=O)N[C@H](CC(C)C)C(=O)N[C@H](C(C)C)C(=O)N[C@H](CC(C)C)C(=O)N[C@H](Cc2ccccc2)C(=O)N1C. The van der Waals surface area contributed by atoms with Crippen molar-refractivity contribution in [3.05, 3.63) is 35.9 Å². The Kier molecular flexibility index (Phi) is 13.7. The van der Waals surface area contributed by atoms with Crippen LogP contribution in [0.25, 0.3) is 0 Å². The Morgan fingerprint density at radius 1 is 0.605 bits per heavy atom. The fourth-order valence-corrected chi connectivity index (χ4v) is 5.33. The summed E-state index contributed by atoms with van der Waals surface area (Å²) in [6, 6.07) is 4.73. The zero-order chi connectivity index (χ0) is 32.4. The van der Waals surface area contributed by atoms with Crippen LogP contribution in [0.3, 0.4) is 0 Å². The van der Waals surface area contributed by atoms with Crippen molar-refractivity contribution in [3.8, 4) is 0 Å². The first-order chi connectivity index (χ1) is 20.1. The van der Waals surface area contributed by atoms with E-state index >= 15 is 0 Å². The summed E-state index contributed by atoms with van der Waals surface area (Å²) in [4.78, 5) is 70.2. The van der Waals surface area contributed by atoms with Crippen molar-refractivity contribution < 1.29 is 24.0 Å². The van der Waals surface area contributed by atoms with Crippen molar-refractivity contribution in [1.29, 1.82) is 0 Å². The molecule has 4 N–H and O–H groups in total. The molecule has 0 unspecified atom stereocenters. The van der Waals surface area contributed by atoms with Gasteiger partial charge in [0.05, 0.1) is 0 Å². The lowest BCUT2D eigenvalue weighted by molar-refractivity contribution is -0.143. The van der Waals surface area contributed by atoms with Gasteiger partial charge in [0.1, 0.15) is 30.2 Å². The molecule has 0 radical (unpaired) electrons. The third-order valence-corrected chi connectivity index (χ3v) is 7.64. The maximum absolute atomic E-state index is 14.1. The molecule has 1 saturated heterocycles. The van der Waals surface area contributed by atoms with Crippen LogP contribution in [-0.2, 0) is 30.4 Å². The molecule has 1 heterocycles. The first kappa shape index (κ1) is 35.8. The van der Waals surface area contributed by atoms with Gasteiger partial charge in [0.2, 0.25) is 29.5 Å². The maximum atomic E-state index is 14.1. The molecule has 1 aromatic rings. The summed E-state index contributed by atoms with van der Waals surface area (Å²) in [5, 5.41) is 11.5. The molecule has 0 aromatic heterocycles.